The van der Waals surface area contributed by atoms with Crippen molar-refractivity contribution in [3.63, 3.8) is 0 Å². The fraction of sp³-hybridized carbons (Fsp3) is 0.409. The minimum Gasteiger partial charge on any atom is -0.390 e. The largest absolute Gasteiger partial charge is 0.390 e. The second-order valence-electron chi connectivity index (χ2n) is 7.45. The van der Waals surface area contributed by atoms with Crippen LogP contribution in [0.3, 0.4) is 0 Å². The summed E-state index contributed by atoms with van der Waals surface area (Å²) in [6.07, 6.45) is 1.28. The minimum atomic E-state index is -0.718. The highest BCUT2D eigenvalue weighted by Gasteiger charge is 2.16. The normalized spacial score (nSPS) is 12.7. The quantitative estimate of drug-likeness (QED) is 0.761. The van der Waals surface area contributed by atoms with Crippen LogP contribution in [0, 0.1) is 0 Å². The first-order valence-corrected chi connectivity index (χ1v) is 9.06. The first kappa shape index (κ1) is 20.1. The summed E-state index contributed by atoms with van der Waals surface area (Å²) in [4.78, 5) is 14.3. The summed E-state index contributed by atoms with van der Waals surface area (Å²) in [7, 11) is 1.75. The molecule has 0 heterocycles. The Kier molecular flexibility index (Phi) is 6.95. The highest BCUT2D eigenvalue weighted by atomic mass is 16.3. The number of amides is 1. The average Bonchev–Trinajstić information content (AvgIpc) is 2.64. The molecule has 0 bridgehead atoms. The third-order valence-electron chi connectivity index (χ3n) is 4.47. The van der Waals surface area contributed by atoms with E-state index in [0.717, 1.165) is 17.5 Å². The number of aliphatic hydroxyl groups excluding tert-OH is 1. The molecule has 2 N–H and O–H groups in total. The van der Waals surface area contributed by atoms with Gasteiger partial charge in [0, 0.05) is 19.2 Å². The van der Waals surface area contributed by atoms with Crippen LogP contribution in [0.2, 0.25) is 0 Å². The van der Waals surface area contributed by atoms with Crippen molar-refractivity contribution >= 4 is 5.91 Å². The van der Waals surface area contributed by atoms with Gasteiger partial charge in [0.05, 0.1) is 11.7 Å². The molecule has 140 valence electrons. The lowest BCUT2D eigenvalue weighted by Crippen LogP contribution is -2.28. The number of carbonyl (C=O) groups is 1. The van der Waals surface area contributed by atoms with E-state index in [9.17, 15) is 15.0 Å². The van der Waals surface area contributed by atoms with E-state index in [1.54, 1.807) is 31.9 Å². The fourth-order valence-electron chi connectivity index (χ4n) is 2.79. The number of rotatable bonds is 8. The Hall–Kier alpha value is -2.17. The van der Waals surface area contributed by atoms with Gasteiger partial charge in [-0.05, 0) is 56.4 Å². The van der Waals surface area contributed by atoms with Crippen LogP contribution in [0.5, 0.6) is 0 Å². The van der Waals surface area contributed by atoms with Crippen LogP contribution >= 0.6 is 0 Å². The minimum absolute atomic E-state index is 0.0598. The summed E-state index contributed by atoms with van der Waals surface area (Å²) < 4.78 is 0. The van der Waals surface area contributed by atoms with Gasteiger partial charge >= 0.3 is 0 Å². The summed E-state index contributed by atoms with van der Waals surface area (Å²) in [5.41, 5.74) is 1.82. The smallest absolute Gasteiger partial charge is 0.253 e. The molecular formula is C22H29NO3. The van der Waals surface area contributed by atoms with Gasteiger partial charge in [-0.1, -0.05) is 42.5 Å². The van der Waals surface area contributed by atoms with E-state index < -0.39 is 11.7 Å². The maximum Gasteiger partial charge on any atom is 0.253 e. The summed E-state index contributed by atoms with van der Waals surface area (Å²) >= 11 is 0. The standard InChI is InChI=1S/C22H29NO3/c1-22(2,26)14-12-17-8-7-11-19(16-17)21(25)23(3)15-13-20(24)18-9-5-4-6-10-18/h4-11,16,20,24,26H,12-15H2,1-3H3/t20-/m0/s1. The predicted octanol–water partition coefficient (Wildman–Crippen LogP) is 3.59. The Morgan fingerprint density at radius 3 is 2.46 bits per heavy atom. The van der Waals surface area contributed by atoms with Crippen molar-refractivity contribution in [2.75, 3.05) is 13.6 Å². The van der Waals surface area contributed by atoms with Gasteiger partial charge in [-0.2, -0.15) is 0 Å². The highest BCUT2D eigenvalue weighted by molar-refractivity contribution is 5.94. The monoisotopic (exact) mass is 355 g/mol. The van der Waals surface area contributed by atoms with Gasteiger partial charge in [-0.3, -0.25) is 4.79 Å². The lowest BCUT2D eigenvalue weighted by Gasteiger charge is -2.20. The van der Waals surface area contributed by atoms with Crippen molar-refractivity contribution in [2.24, 2.45) is 0 Å². The van der Waals surface area contributed by atoms with E-state index in [0.29, 0.717) is 24.9 Å². The average molecular weight is 355 g/mol. The van der Waals surface area contributed by atoms with Crippen molar-refractivity contribution in [2.45, 2.75) is 44.8 Å². The summed E-state index contributed by atoms with van der Waals surface area (Å²) in [6, 6.07) is 17.0. The van der Waals surface area contributed by atoms with Gasteiger partial charge in [-0.15, -0.1) is 0 Å². The molecule has 0 saturated heterocycles. The van der Waals surface area contributed by atoms with Gasteiger partial charge in [0.1, 0.15) is 0 Å². The first-order valence-electron chi connectivity index (χ1n) is 9.06. The van der Waals surface area contributed by atoms with Crippen LogP contribution in [0.4, 0.5) is 0 Å². The number of aryl methyl sites for hydroxylation is 1. The lowest BCUT2D eigenvalue weighted by atomic mass is 9.97. The number of carbonyl (C=O) groups excluding carboxylic acids is 1. The Morgan fingerprint density at radius 2 is 1.81 bits per heavy atom. The van der Waals surface area contributed by atoms with Gasteiger partial charge in [-0.25, -0.2) is 0 Å². The zero-order valence-corrected chi connectivity index (χ0v) is 15.9. The van der Waals surface area contributed by atoms with E-state index in [4.69, 9.17) is 0 Å². The SMILES string of the molecule is CN(CC[C@H](O)c1ccccc1)C(=O)c1cccc(CCC(C)(C)O)c1. The van der Waals surface area contributed by atoms with Crippen molar-refractivity contribution in [3.8, 4) is 0 Å². The molecular weight excluding hydrogens is 326 g/mol. The number of hydrogen-bond acceptors (Lipinski definition) is 3. The number of nitrogens with zero attached hydrogens (tertiary/aromatic N) is 1. The maximum atomic E-state index is 12.6. The molecule has 2 rings (SSSR count). The molecule has 0 spiro atoms. The molecule has 2 aromatic carbocycles. The summed E-state index contributed by atoms with van der Waals surface area (Å²) in [5.74, 6) is -0.0598. The van der Waals surface area contributed by atoms with Gasteiger partial charge in [0.2, 0.25) is 0 Å². The van der Waals surface area contributed by atoms with Crippen LogP contribution < -0.4 is 0 Å². The lowest BCUT2D eigenvalue weighted by molar-refractivity contribution is 0.0714. The van der Waals surface area contributed by atoms with Crippen molar-refractivity contribution in [1.82, 2.24) is 4.90 Å². The molecule has 1 atom stereocenters. The van der Waals surface area contributed by atoms with Crippen LogP contribution in [-0.2, 0) is 6.42 Å². The zero-order chi connectivity index (χ0) is 19.2. The van der Waals surface area contributed by atoms with Crippen LogP contribution in [0.15, 0.2) is 54.6 Å². The first-order chi connectivity index (χ1) is 12.3. The Morgan fingerprint density at radius 1 is 1.12 bits per heavy atom. The van der Waals surface area contributed by atoms with Gasteiger partial charge in [0.15, 0.2) is 0 Å². The molecule has 0 fully saturated rings. The topological polar surface area (TPSA) is 60.8 Å². The summed E-state index contributed by atoms with van der Waals surface area (Å²) in [6.45, 7) is 4.05. The Balaban J connectivity index is 1.93. The molecule has 0 aliphatic rings. The van der Waals surface area contributed by atoms with Crippen molar-refractivity contribution in [3.05, 3.63) is 71.3 Å². The molecule has 4 heteroatoms. The van der Waals surface area contributed by atoms with Crippen molar-refractivity contribution < 1.29 is 15.0 Å². The summed E-state index contributed by atoms with van der Waals surface area (Å²) in [5, 5.41) is 20.1. The maximum absolute atomic E-state index is 12.6. The van der Waals surface area contributed by atoms with Crippen LogP contribution in [0.25, 0.3) is 0 Å². The van der Waals surface area contributed by atoms with E-state index in [2.05, 4.69) is 0 Å². The molecule has 0 unspecified atom stereocenters. The molecule has 1 amide bonds. The molecule has 0 aromatic heterocycles. The molecule has 26 heavy (non-hydrogen) atoms. The molecule has 0 aliphatic heterocycles. The molecule has 2 aromatic rings. The Bertz CT molecular complexity index is 707. The van der Waals surface area contributed by atoms with E-state index in [1.807, 2.05) is 48.5 Å². The van der Waals surface area contributed by atoms with Crippen LogP contribution in [-0.4, -0.2) is 40.2 Å². The number of aliphatic hydroxyl groups is 2. The third kappa shape index (κ3) is 6.28. The second-order valence-corrected chi connectivity index (χ2v) is 7.45. The fourth-order valence-corrected chi connectivity index (χ4v) is 2.79. The molecule has 4 nitrogen and oxygen atoms in total. The van der Waals surface area contributed by atoms with E-state index in [-0.39, 0.29) is 5.91 Å². The number of benzene rings is 2. The molecule has 0 aliphatic carbocycles. The zero-order valence-electron chi connectivity index (χ0n) is 15.9. The Labute approximate surface area is 156 Å². The predicted molar refractivity (Wildman–Crippen MR) is 104 cm³/mol. The highest BCUT2D eigenvalue weighted by Crippen LogP contribution is 2.18. The third-order valence-corrected chi connectivity index (χ3v) is 4.47. The van der Waals surface area contributed by atoms with E-state index in [1.165, 1.54) is 0 Å². The van der Waals surface area contributed by atoms with E-state index >= 15 is 0 Å². The molecule has 0 radical (unpaired) electrons. The van der Waals surface area contributed by atoms with Gasteiger partial charge < -0.3 is 15.1 Å². The molecule has 0 saturated carbocycles. The van der Waals surface area contributed by atoms with Crippen LogP contribution in [0.1, 0.15) is 54.3 Å². The number of hydrogen-bond donors (Lipinski definition) is 2. The van der Waals surface area contributed by atoms with Gasteiger partial charge in [0.25, 0.3) is 5.91 Å². The van der Waals surface area contributed by atoms with Crippen molar-refractivity contribution in [1.29, 1.82) is 0 Å². The second kappa shape index (κ2) is 8.97.